The minimum absolute atomic E-state index is 0.0550. The molecule has 0 saturated carbocycles. The Labute approximate surface area is 68.7 Å². The van der Waals surface area contributed by atoms with Crippen molar-refractivity contribution >= 4 is 18.7 Å². The molecular formula is C6H7BO5. The molecule has 0 spiro atoms. The van der Waals surface area contributed by atoms with Crippen molar-refractivity contribution in [3.05, 3.63) is 17.9 Å². The van der Waals surface area contributed by atoms with Crippen molar-refractivity contribution in [1.29, 1.82) is 0 Å². The number of hydrogen-bond donors (Lipinski definition) is 2. The average Bonchev–Trinajstić information content (AvgIpc) is 2.51. The maximum absolute atomic E-state index is 10.8. The topological polar surface area (TPSA) is 79.9 Å². The van der Waals surface area contributed by atoms with Crippen LogP contribution in [-0.4, -0.2) is 30.2 Å². The highest BCUT2D eigenvalue weighted by atomic mass is 16.5. The molecule has 0 aliphatic heterocycles. The van der Waals surface area contributed by atoms with Crippen LogP contribution < -0.4 is 5.66 Å². The molecule has 0 saturated heterocycles. The van der Waals surface area contributed by atoms with Gasteiger partial charge in [-0.05, 0) is 12.1 Å². The average molecular weight is 170 g/mol. The van der Waals surface area contributed by atoms with Crippen LogP contribution in [0.15, 0.2) is 16.5 Å². The van der Waals surface area contributed by atoms with E-state index in [1.807, 2.05) is 0 Å². The van der Waals surface area contributed by atoms with Crippen LogP contribution in [0.25, 0.3) is 0 Å². The lowest BCUT2D eigenvalue weighted by Gasteiger charge is -1.93. The van der Waals surface area contributed by atoms with Crippen molar-refractivity contribution in [2.75, 3.05) is 7.11 Å². The molecule has 0 aliphatic rings. The quantitative estimate of drug-likeness (QED) is 0.428. The number of ether oxygens (including phenoxy) is 1. The van der Waals surface area contributed by atoms with Gasteiger partial charge in [0.25, 0.3) is 0 Å². The van der Waals surface area contributed by atoms with E-state index in [1.54, 1.807) is 0 Å². The maximum atomic E-state index is 10.8. The van der Waals surface area contributed by atoms with Gasteiger partial charge in [-0.15, -0.1) is 0 Å². The predicted octanol–water partition coefficient (Wildman–Crippen LogP) is -1.25. The second-order valence-electron chi connectivity index (χ2n) is 2.07. The molecule has 0 unspecified atom stereocenters. The lowest BCUT2D eigenvalue weighted by Crippen LogP contribution is -2.28. The molecule has 5 nitrogen and oxygen atoms in total. The molecule has 64 valence electrons. The van der Waals surface area contributed by atoms with Gasteiger partial charge in [-0.1, -0.05) is 0 Å². The van der Waals surface area contributed by atoms with E-state index in [0.29, 0.717) is 0 Å². The van der Waals surface area contributed by atoms with Crippen LogP contribution in [0.3, 0.4) is 0 Å². The minimum Gasteiger partial charge on any atom is -0.463 e. The monoisotopic (exact) mass is 170 g/mol. The van der Waals surface area contributed by atoms with E-state index in [1.165, 1.54) is 19.2 Å². The van der Waals surface area contributed by atoms with Gasteiger partial charge in [-0.2, -0.15) is 0 Å². The van der Waals surface area contributed by atoms with E-state index >= 15 is 0 Å². The number of esters is 1. The van der Waals surface area contributed by atoms with Crippen LogP contribution >= 0.6 is 0 Å². The highest BCUT2D eigenvalue weighted by Gasteiger charge is 2.18. The fourth-order valence-corrected chi connectivity index (χ4v) is 0.702. The van der Waals surface area contributed by atoms with Crippen molar-refractivity contribution in [3.8, 4) is 0 Å². The summed E-state index contributed by atoms with van der Waals surface area (Å²) >= 11 is 0. The second kappa shape index (κ2) is 3.42. The number of hydrogen-bond acceptors (Lipinski definition) is 5. The molecule has 0 aliphatic carbocycles. The molecule has 0 aromatic carbocycles. The first-order valence-electron chi connectivity index (χ1n) is 3.19. The Morgan fingerprint density at radius 2 is 2.25 bits per heavy atom. The standard InChI is InChI=1S/C6H7BO5/c1-11-6(8)4-2-3-5(12-4)7(9)10/h2-3,9-10H,1H3. The van der Waals surface area contributed by atoms with Crippen molar-refractivity contribution in [1.82, 2.24) is 0 Å². The van der Waals surface area contributed by atoms with E-state index in [-0.39, 0.29) is 11.4 Å². The zero-order valence-electron chi connectivity index (χ0n) is 6.35. The Bertz CT molecular complexity index is 279. The number of carbonyl (C=O) groups excluding carboxylic acids is 1. The molecule has 6 heteroatoms. The maximum Gasteiger partial charge on any atom is 0.526 e. The molecule has 1 heterocycles. The Kier molecular flexibility index (Phi) is 2.52. The molecule has 1 aromatic heterocycles. The molecule has 2 N–H and O–H groups in total. The Morgan fingerprint density at radius 1 is 1.58 bits per heavy atom. The summed E-state index contributed by atoms with van der Waals surface area (Å²) in [5.41, 5.74) is -0.0876. The third-order valence-corrected chi connectivity index (χ3v) is 1.27. The van der Waals surface area contributed by atoms with Gasteiger partial charge in [-0.25, -0.2) is 4.79 Å². The molecule has 0 fully saturated rings. The molecule has 1 aromatic rings. The molecule has 0 bridgehead atoms. The summed E-state index contributed by atoms with van der Waals surface area (Å²) in [6.45, 7) is 0. The zero-order valence-corrected chi connectivity index (χ0v) is 6.35. The Hall–Kier alpha value is -1.27. The molecule has 0 atom stereocenters. The summed E-state index contributed by atoms with van der Waals surface area (Å²) in [6, 6.07) is 2.59. The first kappa shape index (κ1) is 8.83. The largest absolute Gasteiger partial charge is 0.526 e. The highest BCUT2D eigenvalue weighted by Crippen LogP contribution is 1.99. The Balaban J connectivity index is 2.84. The van der Waals surface area contributed by atoms with Crippen LogP contribution in [0.4, 0.5) is 0 Å². The summed E-state index contributed by atoms with van der Waals surface area (Å²) in [7, 11) is -0.497. The lowest BCUT2D eigenvalue weighted by atomic mass is 9.88. The predicted molar refractivity (Wildman–Crippen MR) is 39.9 cm³/mol. The van der Waals surface area contributed by atoms with E-state index in [4.69, 9.17) is 14.5 Å². The third kappa shape index (κ3) is 1.66. The number of furan rings is 1. The lowest BCUT2D eigenvalue weighted by molar-refractivity contribution is 0.0566. The fraction of sp³-hybridized carbons (Fsp3) is 0.167. The van der Waals surface area contributed by atoms with Crippen LogP contribution in [0.2, 0.25) is 0 Å². The summed E-state index contributed by atoms with van der Waals surface area (Å²) in [4.78, 5) is 10.8. The molecule has 0 amide bonds. The van der Waals surface area contributed by atoms with Gasteiger partial charge in [0.2, 0.25) is 5.76 Å². The SMILES string of the molecule is COC(=O)c1ccc(B(O)O)o1. The summed E-state index contributed by atoms with van der Waals surface area (Å²) < 4.78 is 9.06. The van der Waals surface area contributed by atoms with Gasteiger partial charge in [-0.3, -0.25) is 0 Å². The van der Waals surface area contributed by atoms with Gasteiger partial charge in [0.05, 0.1) is 7.11 Å². The molecule has 1 rings (SSSR count). The number of rotatable bonds is 2. The van der Waals surface area contributed by atoms with Gasteiger partial charge >= 0.3 is 13.1 Å². The van der Waals surface area contributed by atoms with Crippen LogP contribution in [0, 0.1) is 0 Å². The first-order chi connectivity index (χ1) is 5.65. The summed E-state index contributed by atoms with van der Waals surface area (Å²) in [6.07, 6.45) is 0. The van der Waals surface area contributed by atoms with E-state index in [9.17, 15) is 4.79 Å². The van der Waals surface area contributed by atoms with Gasteiger partial charge in [0, 0.05) is 0 Å². The molecular weight excluding hydrogens is 163 g/mol. The van der Waals surface area contributed by atoms with E-state index in [0.717, 1.165) is 0 Å². The van der Waals surface area contributed by atoms with Gasteiger partial charge < -0.3 is 19.2 Å². The van der Waals surface area contributed by atoms with Crippen molar-refractivity contribution in [2.45, 2.75) is 0 Å². The van der Waals surface area contributed by atoms with E-state index in [2.05, 4.69) is 4.74 Å². The smallest absolute Gasteiger partial charge is 0.463 e. The zero-order chi connectivity index (χ0) is 9.14. The van der Waals surface area contributed by atoms with Crippen molar-refractivity contribution < 1.29 is 24.0 Å². The fourth-order valence-electron chi connectivity index (χ4n) is 0.702. The molecule has 0 radical (unpaired) electrons. The second-order valence-corrected chi connectivity index (χ2v) is 2.07. The van der Waals surface area contributed by atoms with E-state index < -0.39 is 13.1 Å². The highest BCUT2D eigenvalue weighted by molar-refractivity contribution is 6.57. The third-order valence-electron chi connectivity index (χ3n) is 1.27. The van der Waals surface area contributed by atoms with Gasteiger partial charge in [0.1, 0.15) is 5.66 Å². The van der Waals surface area contributed by atoms with Crippen molar-refractivity contribution in [3.63, 3.8) is 0 Å². The summed E-state index contributed by atoms with van der Waals surface area (Å²) in [5.74, 6) is -0.706. The number of carbonyl (C=O) groups is 1. The molecule has 12 heavy (non-hydrogen) atoms. The van der Waals surface area contributed by atoms with Gasteiger partial charge in [0.15, 0.2) is 0 Å². The van der Waals surface area contributed by atoms with Crippen LogP contribution in [0.1, 0.15) is 10.6 Å². The Morgan fingerprint density at radius 3 is 2.67 bits per heavy atom. The summed E-state index contributed by atoms with van der Waals surface area (Å²) in [5, 5.41) is 17.2. The number of methoxy groups -OCH3 is 1. The van der Waals surface area contributed by atoms with Crippen LogP contribution in [0.5, 0.6) is 0 Å². The van der Waals surface area contributed by atoms with Crippen molar-refractivity contribution in [2.24, 2.45) is 0 Å². The normalized spacial score (nSPS) is 9.58. The first-order valence-corrected chi connectivity index (χ1v) is 3.19. The minimum atomic E-state index is -1.71. The van der Waals surface area contributed by atoms with Crippen LogP contribution in [-0.2, 0) is 4.74 Å².